The summed E-state index contributed by atoms with van der Waals surface area (Å²) in [6.07, 6.45) is -1.22. The molecule has 0 unspecified atom stereocenters. The van der Waals surface area contributed by atoms with Crippen molar-refractivity contribution in [2.45, 2.75) is 6.18 Å². The molecule has 2 amide bonds. The van der Waals surface area contributed by atoms with Crippen LogP contribution in [0.25, 0.3) is 0 Å². The van der Waals surface area contributed by atoms with E-state index in [9.17, 15) is 22.4 Å². The summed E-state index contributed by atoms with van der Waals surface area (Å²) in [5, 5.41) is 3.94. The number of nitrogens with zero attached hydrogens (tertiary/aromatic N) is 1. The van der Waals surface area contributed by atoms with Gasteiger partial charge in [-0.3, -0.25) is 0 Å². The first-order valence-electron chi connectivity index (χ1n) is 8.16. The van der Waals surface area contributed by atoms with Crippen LogP contribution in [0.15, 0.2) is 54.9 Å². The SMILES string of the molecule is Cn1ccc(Oc2ccc(NC(=O)Nc3ccc(Cl)c(C(F)(F)F)c3)c(F)c2)c1. The molecule has 152 valence electrons. The molecule has 0 saturated heterocycles. The van der Waals surface area contributed by atoms with Crippen molar-refractivity contribution < 1.29 is 27.1 Å². The molecule has 0 aliphatic heterocycles. The first-order chi connectivity index (χ1) is 13.6. The molecule has 0 aliphatic rings. The number of carbonyl (C=O) groups is 1. The van der Waals surface area contributed by atoms with Gasteiger partial charge in [0.15, 0.2) is 0 Å². The molecule has 3 aromatic rings. The summed E-state index contributed by atoms with van der Waals surface area (Å²) in [7, 11) is 1.80. The molecule has 0 spiro atoms. The minimum atomic E-state index is -4.67. The van der Waals surface area contributed by atoms with E-state index < -0.39 is 28.6 Å². The normalized spacial score (nSPS) is 11.2. The second-order valence-electron chi connectivity index (χ2n) is 6.03. The first kappa shape index (κ1) is 20.5. The van der Waals surface area contributed by atoms with Crippen LogP contribution in [0.3, 0.4) is 0 Å². The van der Waals surface area contributed by atoms with Crippen LogP contribution in [-0.2, 0) is 13.2 Å². The number of hydrogen-bond acceptors (Lipinski definition) is 2. The van der Waals surface area contributed by atoms with Crippen LogP contribution < -0.4 is 15.4 Å². The third kappa shape index (κ3) is 5.20. The molecule has 0 atom stereocenters. The smallest absolute Gasteiger partial charge is 0.417 e. The highest BCUT2D eigenvalue weighted by Crippen LogP contribution is 2.36. The number of anilines is 2. The zero-order valence-electron chi connectivity index (χ0n) is 14.8. The number of halogens is 5. The number of aromatic nitrogens is 1. The van der Waals surface area contributed by atoms with Crippen LogP contribution in [0.2, 0.25) is 5.02 Å². The minimum absolute atomic E-state index is 0.149. The molecule has 10 heteroatoms. The lowest BCUT2D eigenvalue weighted by molar-refractivity contribution is -0.137. The molecule has 5 nitrogen and oxygen atoms in total. The Morgan fingerprint density at radius 1 is 1.07 bits per heavy atom. The number of urea groups is 1. The number of hydrogen-bond donors (Lipinski definition) is 2. The molecule has 2 aromatic carbocycles. The maximum atomic E-state index is 14.2. The van der Waals surface area contributed by atoms with Gasteiger partial charge in [-0.05, 0) is 36.4 Å². The number of amides is 2. The van der Waals surface area contributed by atoms with E-state index in [0.29, 0.717) is 11.8 Å². The third-order valence-electron chi connectivity index (χ3n) is 3.76. The second-order valence-corrected chi connectivity index (χ2v) is 6.44. The first-order valence-corrected chi connectivity index (χ1v) is 8.54. The van der Waals surface area contributed by atoms with Gasteiger partial charge in [-0.1, -0.05) is 11.6 Å². The van der Waals surface area contributed by atoms with Gasteiger partial charge in [-0.2, -0.15) is 13.2 Å². The number of nitrogens with one attached hydrogen (secondary N) is 2. The summed E-state index contributed by atoms with van der Waals surface area (Å²) in [5.41, 5.74) is -1.41. The standard InChI is InChI=1S/C19H14ClF4N3O2/c1-27-7-6-13(10-27)29-12-3-5-17(16(21)9-12)26-18(28)25-11-2-4-15(20)14(8-11)19(22,23)24/h2-10H,1H3,(H2,25,26,28). The number of alkyl halides is 3. The van der Waals surface area contributed by atoms with E-state index in [2.05, 4.69) is 10.6 Å². The maximum Gasteiger partial charge on any atom is 0.417 e. The van der Waals surface area contributed by atoms with Gasteiger partial charge in [0, 0.05) is 31.2 Å². The van der Waals surface area contributed by atoms with Crippen LogP contribution >= 0.6 is 11.6 Å². The fourth-order valence-corrected chi connectivity index (χ4v) is 2.66. The van der Waals surface area contributed by atoms with E-state index in [0.717, 1.165) is 12.1 Å². The van der Waals surface area contributed by atoms with E-state index in [1.54, 1.807) is 30.1 Å². The van der Waals surface area contributed by atoms with E-state index in [1.807, 2.05) is 0 Å². The number of carbonyl (C=O) groups excluding carboxylic acids is 1. The molecule has 0 aliphatic carbocycles. The fourth-order valence-electron chi connectivity index (χ4n) is 2.44. The van der Waals surface area contributed by atoms with E-state index >= 15 is 0 Å². The van der Waals surface area contributed by atoms with E-state index in [1.165, 1.54) is 18.2 Å². The monoisotopic (exact) mass is 427 g/mol. The van der Waals surface area contributed by atoms with E-state index in [4.69, 9.17) is 16.3 Å². The van der Waals surface area contributed by atoms with Gasteiger partial charge >= 0.3 is 12.2 Å². The van der Waals surface area contributed by atoms with Crippen molar-refractivity contribution in [2.24, 2.45) is 7.05 Å². The second kappa shape index (κ2) is 8.04. The highest BCUT2D eigenvalue weighted by Gasteiger charge is 2.33. The largest absolute Gasteiger partial charge is 0.456 e. The Morgan fingerprint density at radius 3 is 2.45 bits per heavy atom. The molecule has 1 heterocycles. The Bertz CT molecular complexity index is 1050. The van der Waals surface area contributed by atoms with Crippen molar-refractivity contribution in [3.8, 4) is 11.5 Å². The van der Waals surface area contributed by atoms with Crippen molar-refractivity contribution in [3.63, 3.8) is 0 Å². The molecule has 29 heavy (non-hydrogen) atoms. The predicted octanol–water partition coefficient (Wildman–Crippen LogP) is 6.27. The molecule has 0 bridgehead atoms. The number of ether oxygens (including phenoxy) is 1. The summed E-state index contributed by atoms with van der Waals surface area (Å²) in [5.74, 6) is -0.0543. The molecule has 1 aromatic heterocycles. The van der Waals surface area contributed by atoms with Gasteiger partial charge in [0.2, 0.25) is 0 Å². The zero-order chi connectivity index (χ0) is 21.2. The Labute approximate surface area is 167 Å². The lowest BCUT2D eigenvalue weighted by atomic mass is 10.2. The topological polar surface area (TPSA) is 55.3 Å². The van der Waals surface area contributed by atoms with Crippen molar-refractivity contribution >= 4 is 29.0 Å². The van der Waals surface area contributed by atoms with Gasteiger partial charge in [0.25, 0.3) is 0 Å². The summed E-state index contributed by atoms with van der Waals surface area (Å²) < 4.78 is 60.1. The lowest BCUT2D eigenvalue weighted by Gasteiger charge is -2.13. The Hall–Kier alpha value is -3.20. The number of rotatable bonds is 4. The van der Waals surface area contributed by atoms with Crippen molar-refractivity contribution in [1.82, 2.24) is 4.57 Å². The highest BCUT2D eigenvalue weighted by molar-refractivity contribution is 6.31. The molecular formula is C19H14ClF4N3O2. The predicted molar refractivity (Wildman–Crippen MR) is 101 cm³/mol. The molecule has 0 radical (unpaired) electrons. The van der Waals surface area contributed by atoms with Crippen LogP contribution in [0.1, 0.15) is 5.56 Å². The van der Waals surface area contributed by atoms with Crippen molar-refractivity contribution in [2.75, 3.05) is 10.6 Å². The summed E-state index contributed by atoms with van der Waals surface area (Å²) in [6.45, 7) is 0. The van der Waals surface area contributed by atoms with Gasteiger partial charge in [-0.25, -0.2) is 9.18 Å². The highest BCUT2D eigenvalue weighted by atomic mass is 35.5. The molecule has 0 fully saturated rings. The van der Waals surface area contributed by atoms with Gasteiger partial charge < -0.3 is 19.9 Å². The quantitative estimate of drug-likeness (QED) is 0.482. The van der Waals surface area contributed by atoms with Crippen LogP contribution in [0, 0.1) is 5.82 Å². The molecule has 2 N–H and O–H groups in total. The van der Waals surface area contributed by atoms with Crippen molar-refractivity contribution in [3.05, 3.63) is 71.3 Å². The van der Waals surface area contributed by atoms with Gasteiger partial charge in [0.05, 0.1) is 16.3 Å². The molecule has 3 rings (SSSR count). The third-order valence-corrected chi connectivity index (χ3v) is 4.09. The van der Waals surface area contributed by atoms with Crippen LogP contribution in [0.5, 0.6) is 11.5 Å². The summed E-state index contributed by atoms with van der Waals surface area (Å²) in [6, 6.07) is 7.46. The lowest BCUT2D eigenvalue weighted by Crippen LogP contribution is -2.20. The van der Waals surface area contributed by atoms with Gasteiger partial charge in [0.1, 0.15) is 17.3 Å². The Morgan fingerprint density at radius 2 is 1.83 bits per heavy atom. The number of aryl methyl sites for hydroxylation is 1. The molecule has 0 saturated carbocycles. The molecular weight excluding hydrogens is 414 g/mol. The number of benzene rings is 2. The maximum absolute atomic E-state index is 14.2. The zero-order valence-corrected chi connectivity index (χ0v) is 15.6. The average Bonchev–Trinajstić information content (AvgIpc) is 3.03. The van der Waals surface area contributed by atoms with Crippen LogP contribution in [0.4, 0.5) is 33.7 Å². The van der Waals surface area contributed by atoms with Gasteiger partial charge in [-0.15, -0.1) is 0 Å². The Kier molecular flexibility index (Phi) is 5.69. The fraction of sp³-hybridized carbons (Fsp3) is 0.105. The summed E-state index contributed by atoms with van der Waals surface area (Å²) >= 11 is 5.53. The Balaban J connectivity index is 1.68. The van der Waals surface area contributed by atoms with Crippen LogP contribution in [-0.4, -0.2) is 10.6 Å². The summed E-state index contributed by atoms with van der Waals surface area (Å²) in [4.78, 5) is 12.0. The minimum Gasteiger partial charge on any atom is -0.456 e. The van der Waals surface area contributed by atoms with E-state index in [-0.39, 0.29) is 17.1 Å². The average molecular weight is 428 g/mol. The van der Waals surface area contributed by atoms with Crippen molar-refractivity contribution in [1.29, 1.82) is 0 Å².